The summed E-state index contributed by atoms with van der Waals surface area (Å²) >= 11 is 0. The van der Waals surface area contributed by atoms with Crippen molar-refractivity contribution in [2.45, 2.75) is 19.9 Å². The van der Waals surface area contributed by atoms with Gasteiger partial charge in [-0.2, -0.15) is 9.49 Å². The maximum Gasteiger partial charge on any atom is 0.287 e. The van der Waals surface area contributed by atoms with Crippen LogP contribution in [0.2, 0.25) is 0 Å². The van der Waals surface area contributed by atoms with E-state index in [1.54, 1.807) is 28.9 Å². The lowest BCUT2D eigenvalue weighted by molar-refractivity contribution is 0.576. The molecule has 2 heterocycles. The molecule has 5 nitrogen and oxygen atoms in total. The topological polar surface area (TPSA) is 63.6 Å². The quantitative estimate of drug-likeness (QED) is 0.804. The van der Waals surface area contributed by atoms with Gasteiger partial charge in [-0.3, -0.25) is 9.48 Å². The summed E-state index contributed by atoms with van der Waals surface area (Å²) in [5.41, 5.74) is 0.930. The third-order valence-electron chi connectivity index (χ3n) is 3.50. The molecule has 0 aliphatic rings. The van der Waals surface area contributed by atoms with Crippen molar-refractivity contribution in [1.82, 2.24) is 19.7 Å². The lowest BCUT2D eigenvalue weighted by atomic mass is 10.2. The number of aryl methyl sites for hydroxylation is 1. The molecule has 0 bridgehead atoms. The smallest absolute Gasteiger partial charge is 0.287 e. The van der Waals surface area contributed by atoms with Crippen LogP contribution in [0.5, 0.6) is 0 Å². The van der Waals surface area contributed by atoms with Gasteiger partial charge in [0.1, 0.15) is 11.5 Å². The first-order valence-corrected chi connectivity index (χ1v) is 7.13. The second-order valence-corrected chi connectivity index (χ2v) is 5.03. The number of aromatic nitrogens is 4. The van der Waals surface area contributed by atoms with Crippen molar-refractivity contribution in [3.05, 3.63) is 69.8 Å². The molecule has 23 heavy (non-hydrogen) atoms. The van der Waals surface area contributed by atoms with Crippen LogP contribution in [0.25, 0.3) is 11.5 Å². The van der Waals surface area contributed by atoms with Gasteiger partial charge in [-0.25, -0.2) is 9.37 Å². The number of rotatable bonds is 4. The number of aromatic amines is 1. The molecule has 3 rings (SSSR count). The zero-order valence-corrected chi connectivity index (χ0v) is 12.4. The molecule has 3 aromatic rings. The molecule has 0 saturated heterocycles. The van der Waals surface area contributed by atoms with E-state index in [1.165, 1.54) is 6.07 Å². The standard InChI is InChI=1S/C16H14F2N4O/c1-2-11-7-14(15-19-8-13(18)16(23)20-15)21-22(11)9-10-5-3-4-6-12(10)17/h3-8H,2,9H2,1H3,(H,19,20,23). The van der Waals surface area contributed by atoms with E-state index in [-0.39, 0.29) is 18.2 Å². The summed E-state index contributed by atoms with van der Waals surface area (Å²) in [5.74, 6) is -1.08. The van der Waals surface area contributed by atoms with Crippen LogP contribution in [0, 0.1) is 11.6 Å². The van der Waals surface area contributed by atoms with E-state index < -0.39 is 11.4 Å². The van der Waals surface area contributed by atoms with E-state index in [2.05, 4.69) is 15.1 Å². The predicted octanol–water partition coefficient (Wildman–Crippen LogP) is 2.52. The number of H-pyrrole nitrogens is 1. The highest BCUT2D eigenvalue weighted by molar-refractivity contribution is 5.49. The summed E-state index contributed by atoms with van der Waals surface area (Å²) in [4.78, 5) is 17.5. The van der Waals surface area contributed by atoms with Gasteiger partial charge >= 0.3 is 0 Å². The number of halogens is 2. The summed E-state index contributed by atoms with van der Waals surface area (Å²) in [5, 5.41) is 4.35. The predicted molar refractivity (Wildman–Crippen MR) is 80.9 cm³/mol. The minimum Gasteiger partial charge on any atom is -0.303 e. The Hall–Kier alpha value is -2.83. The van der Waals surface area contributed by atoms with E-state index in [1.807, 2.05) is 6.92 Å². The number of nitrogens with one attached hydrogen (secondary N) is 1. The van der Waals surface area contributed by atoms with Crippen LogP contribution in [-0.2, 0) is 13.0 Å². The van der Waals surface area contributed by atoms with Gasteiger partial charge in [0, 0.05) is 11.3 Å². The number of hydrogen-bond donors (Lipinski definition) is 1. The van der Waals surface area contributed by atoms with Crippen LogP contribution in [0.3, 0.4) is 0 Å². The average Bonchev–Trinajstić information content (AvgIpc) is 2.95. The van der Waals surface area contributed by atoms with Crippen LogP contribution >= 0.6 is 0 Å². The minimum atomic E-state index is -0.949. The summed E-state index contributed by atoms with van der Waals surface area (Å²) in [6, 6.07) is 8.21. The molecule has 0 atom stereocenters. The van der Waals surface area contributed by atoms with E-state index in [4.69, 9.17) is 0 Å². The fourth-order valence-electron chi connectivity index (χ4n) is 2.29. The summed E-state index contributed by atoms with van der Waals surface area (Å²) in [6.45, 7) is 2.21. The van der Waals surface area contributed by atoms with Crippen LogP contribution in [0.4, 0.5) is 8.78 Å². The molecule has 0 aliphatic heterocycles. The Balaban J connectivity index is 1.99. The Bertz CT molecular complexity index is 901. The van der Waals surface area contributed by atoms with E-state index >= 15 is 0 Å². The first kappa shape index (κ1) is 15.1. The van der Waals surface area contributed by atoms with Crippen LogP contribution in [0.1, 0.15) is 18.2 Å². The normalized spacial score (nSPS) is 10.9. The number of benzene rings is 1. The van der Waals surface area contributed by atoms with Gasteiger partial charge in [0.15, 0.2) is 5.82 Å². The first-order valence-electron chi connectivity index (χ1n) is 7.13. The van der Waals surface area contributed by atoms with Gasteiger partial charge in [0.25, 0.3) is 5.56 Å². The van der Waals surface area contributed by atoms with E-state index in [0.717, 1.165) is 11.9 Å². The van der Waals surface area contributed by atoms with Crippen LogP contribution in [-0.4, -0.2) is 19.7 Å². The fourth-order valence-corrected chi connectivity index (χ4v) is 2.29. The fraction of sp³-hybridized carbons (Fsp3) is 0.188. The van der Waals surface area contributed by atoms with Crippen LogP contribution in [0.15, 0.2) is 41.3 Å². The maximum atomic E-state index is 13.8. The van der Waals surface area contributed by atoms with Crippen LogP contribution < -0.4 is 5.56 Å². The first-order chi connectivity index (χ1) is 11.1. The molecule has 1 N–H and O–H groups in total. The lowest BCUT2D eigenvalue weighted by Gasteiger charge is -2.06. The Morgan fingerprint density at radius 3 is 2.70 bits per heavy atom. The molecule has 0 spiro atoms. The molecule has 0 amide bonds. The molecule has 0 unspecified atom stereocenters. The van der Waals surface area contributed by atoms with Gasteiger partial charge in [0.05, 0.1) is 12.7 Å². The summed E-state index contributed by atoms with van der Waals surface area (Å²) in [7, 11) is 0. The molecule has 118 valence electrons. The maximum absolute atomic E-state index is 13.8. The lowest BCUT2D eigenvalue weighted by Crippen LogP contribution is -2.12. The Kier molecular flexibility index (Phi) is 4.01. The molecule has 1 aromatic carbocycles. The van der Waals surface area contributed by atoms with Crippen molar-refractivity contribution < 1.29 is 8.78 Å². The van der Waals surface area contributed by atoms with Gasteiger partial charge in [-0.1, -0.05) is 25.1 Å². The second kappa shape index (κ2) is 6.12. The monoisotopic (exact) mass is 316 g/mol. The Morgan fingerprint density at radius 2 is 2.00 bits per heavy atom. The van der Waals surface area contributed by atoms with E-state index in [9.17, 15) is 13.6 Å². The number of nitrogens with zero attached hydrogens (tertiary/aromatic N) is 3. The summed E-state index contributed by atoms with van der Waals surface area (Å²) in [6.07, 6.45) is 1.53. The highest BCUT2D eigenvalue weighted by Crippen LogP contribution is 2.17. The van der Waals surface area contributed by atoms with Crippen molar-refractivity contribution in [3.63, 3.8) is 0 Å². The van der Waals surface area contributed by atoms with Crippen molar-refractivity contribution in [3.8, 4) is 11.5 Å². The third-order valence-corrected chi connectivity index (χ3v) is 3.50. The third kappa shape index (κ3) is 3.03. The van der Waals surface area contributed by atoms with E-state index in [0.29, 0.717) is 17.7 Å². The molecule has 0 radical (unpaired) electrons. The second-order valence-electron chi connectivity index (χ2n) is 5.03. The number of hydrogen-bond acceptors (Lipinski definition) is 3. The Labute approximate surface area is 130 Å². The van der Waals surface area contributed by atoms with Crippen molar-refractivity contribution in [2.24, 2.45) is 0 Å². The molecule has 0 saturated carbocycles. The van der Waals surface area contributed by atoms with Gasteiger partial charge in [-0.15, -0.1) is 0 Å². The molecule has 0 aliphatic carbocycles. The zero-order valence-electron chi connectivity index (χ0n) is 12.4. The minimum absolute atomic E-state index is 0.179. The molecule has 0 fully saturated rings. The van der Waals surface area contributed by atoms with Gasteiger partial charge < -0.3 is 4.98 Å². The largest absolute Gasteiger partial charge is 0.303 e. The van der Waals surface area contributed by atoms with Gasteiger partial charge in [-0.05, 0) is 18.6 Å². The van der Waals surface area contributed by atoms with Crippen molar-refractivity contribution >= 4 is 0 Å². The highest BCUT2D eigenvalue weighted by Gasteiger charge is 2.13. The SMILES string of the molecule is CCc1cc(-c2ncc(F)c(=O)[nH]2)nn1Cc1ccccc1F. The molecular weight excluding hydrogens is 302 g/mol. The molecule has 2 aromatic heterocycles. The van der Waals surface area contributed by atoms with Gasteiger partial charge in [0.2, 0.25) is 5.82 Å². The zero-order chi connectivity index (χ0) is 16.4. The van der Waals surface area contributed by atoms with Crippen molar-refractivity contribution in [1.29, 1.82) is 0 Å². The molecular formula is C16H14F2N4O. The van der Waals surface area contributed by atoms with Crippen molar-refractivity contribution in [2.75, 3.05) is 0 Å². The Morgan fingerprint density at radius 1 is 1.22 bits per heavy atom. The highest BCUT2D eigenvalue weighted by atomic mass is 19.1. The molecule has 7 heteroatoms. The summed E-state index contributed by atoms with van der Waals surface area (Å²) < 4.78 is 28.5. The average molecular weight is 316 g/mol.